The third-order valence-corrected chi connectivity index (χ3v) is 16.4. The monoisotopic (exact) mass is 795 g/mol. The Hall–Kier alpha value is 1.98. The van der Waals surface area contributed by atoms with Crippen molar-refractivity contribution < 1.29 is 14.4 Å². The first kappa shape index (κ1) is 28.1. The lowest BCUT2D eigenvalue weighted by atomic mass is 9.55. The maximum absolute atomic E-state index is 11.9. The van der Waals surface area contributed by atoms with E-state index in [0.717, 1.165) is 6.07 Å². The molecule has 5 nitrogen and oxygen atoms in total. The summed E-state index contributed by atoms with van der Waals surface area (Å²) in [6.45, 7) is 0. The Kier molecular flexibility index (Phi) is 5.70. The van der Waals surface area contributed by atoms with Crippen molar-refractivity contribution in [1.29, 1.82) is 0 Å². The minimum absolute atomic E-state index is 0.0431. The third kappa shape index (κ3) is 2.22. The molecule has 1 aliphatic carbocycles. The largest absolute Gasteiger partial charge is 0.323 e. The molecular weight excluding hydrogens is 800 g/mol. The number of hydrogen-bond donors (Lipinski definition) is 0. The van der Waals surface area contributed by atoms with Crippen molar-refractivity contribution >= 4 is 161 Å². The van der Waals surface area contributed by atoms with Crippen LogP contribution in [-0.4, -0.2) is 34.9 Å². The molecule has 0 aromatic heterocycles. The van der Waals surface area contributed by atoms with Crippen LogP contribution in [0.3, 0.4) is 0 Å². The van der Waals surface area contributed by atoms with Gasteiger partial charge in [0.05, 0.1) is 29.5 Å². The van der Waals surface area contributed by atoms with E-state index >= 15 is 0 Å². The van der Waals surface area contributed by atoms with Crippen molar-refractivity contribution in [3.63, 3.8) is 0 Å². The summed E-state index contributed by atoms with van der Waals surface area (Å²) in [5.74, 6) is 0. The number of nitro benzene ring substituents is 1. The van der Waals surface area contributed by atoms with Gasteiger partial charge >= 0.3 is 0 Å². The lowest BCUT2D eigenvalue weighted by Gasteiger charge is -2.64. The van der Waals surface area contributed by atoms with E-state index in [-0.39, 0.29) is 35.7 Å². The first-order chi connectivity index (χ1) is 16.2. The van der Waals surface area contributed by atoms with Crippen LogP contribution < -0.4 is 0 Å². The molecule has 1 aromatic rings. The van der Waals surface area contributed by atoms with Gasteiger partial charge in [0, 0.05) is 6.07 Å². The zero-order valence-electron chi connectivity index (χ0n) is 16.1. The number of nitrogens with zero attached hydrogens (tertiary/aromatic N) is 1. The first-order valence-electron chi connectivity index (χ1n) is 9.27. The number of benzene rings is 1. The molecule has 36 heavy (non-hydrogen) atoms. The summed E-state index contributed by atoms with van der Waals surface area (Å²) in [5, 5.41) is 1.03. The minimum atomic E-state index is -2.53. The van der Waals surface area contributed by atoms with Gasteiger partial charge in [0.25, 0.3) is 5.69 Å². The van der Waals surface area contributed by atoms with Gasteiger partial charge in [0.15, 0.2) is 0 Å². The molecule has 18 heteroatoms. The molecule has 0 radical (unpaired) electrons. The Balaban J connectivity index is 1.91. The van der Waals surface area contributed by atoms with Crippen LogP contribution in [0.2, 0.25) is 0 Å². The van der Waals surface area contributed by atoms with Crippen LogP contribution in [0.25, 0.3) is 0 Å². The van der Waals surface area contributed by atoms with Crippen LogP contribution in [0.5, 0.6) is 0 Å². The lowest BCUT2D eigenvalue weighted by molar-refractivity contribution is -0.385. The summed E-state index contributed by atoms with van der Waals surface area (Å²) in [6.07, 6.45) is 0. The molecule has 0 amide bonds. The molecule has 194 valence electrons. The van der Waals surface area contributed by atoms with Crippen molar-refractivity contribution in [2.24, 2.45) is 0 Å². The highest BCUT2D eigenvalue weighted by atomic mass is 79.9. The topological polar surface area (TPSA) is 61.6 Å². The molecular formula is C18H2BrCl12NO4. The fourth-order valence-electron chi connectivity index (χ4n) is 5.81. The second-order valence-corrected chi connectivity index (χ2v) is 15.3. The quantitative estimate of drug-likeness (QED) is 0.161. The van der Waals surface area contributed by atoms with Gasteiger partial charge in [-0.3, -0.25) is 10.1 Å². The molecule has 0 unspecified atom stereocenters. The second-order valence-electron chi connectivity index (χ2n) is 8.58. The summed E-state index contributed by atoms with van der Waals surface area (Å²) in [5.41, 5.74) is -0.682. The van der Waals surface area contributed by atoms with Crippen LogP contribution in [0.4, 0.5) is 5.69 Å². The summed E-state index contributed by atoms with van der Waals surface area (Å²) in [7, 11) is 0. The fraction of sp³-hybridized carbons (Fsp3) is 0.444. The molecule has 2 fully saturated rings. The van der Waals surface area contributed by atoms with Gasteiger partial charge in [-0.2, -0.15) is 0 Å². The number of fused-ring (bicyclic) bond motifs is 14. The third-order valence-electron chi connectivity index (χ3n) is 7.30. The maximum Gasteiger partial charge on any atom is 0.283 e. The summed E-state index contributed by atoms with van der Waals surface area (Å²) < 4.78 is 11.8. The second kappa shape index (κ2) is 7.30. The van der Waals surface area contributed by atoms with E-state index in [1.54, 1.807) is 0 Å². The molecule has 2 saturated heterocycles. The maximum atomic E-state index is 11.9. The Morgan fingerprint density at radius 3 is 1.36 bits per heavy atom. The highest BCUT2D eigenvalue weighted by Crippen LogP contribution is 2.90. The van der Waals surface area contributed by atoms with Gasteiger partial charge in [-0.25, -0.2) is 0 Å². The zero-order chi connectivity index (χ0) is 27.0. The molecule has 4 bridgehead atoms. The van der Waals surface area contributed by atoms with Crippen LogP contribution in [0, 0.1) is 10.1 Å². The van der Waals surface area contributed by atoms with E-state index in [1.165, 1.54) is 6.07 Å². The molecule has 1 aromatic carbocycles. The molecule has 0 N–H and O–H groups in total. The highest BCUT2D eigenvalue weighted by molar-refractivity contribution is 9.10. The Morgan fingerprint density at radius 1 is 0.667 bits per heavy atom. The molecule has 0 spiro atoms. The smallest absolute Gasteiger partial charge is 0.283 e. The summed E-state index contributed by atoms with van der Waals surface area (Å²) >= 11 is 86.4. The number of ether oxygens (including phenoxy) is 2. The van der Waals surface area contributed by atoms with Crippen molar-refractivity contribution in [3.8, 4) is 0 Å². The number of hydrogen-bond acceptors (Lipinski definition) is 4. The van der Waals surface area contributed by atoms with E-state index in [9.17, 15) is 10.1 Å². The summed E-state index contributed by atoms with van der Waals surface area (Å²) in [4.78, 5) is 1.56. The minimum Gasteiger partial charge on any atom is -0.323 e. The zero-order valence-corrected chi connectivity index (χ0v) is 26.8. The average Bonchev–Trinajstić information content (AvgIpc) is 3.24. The van der Waals surface area contributed by atoms with Crippen LogP contribution in [0.1, 0.15) is 11.1 Å². The lowest BCUT2D eigenvalue weighted by Crippen LogP contribution is -2.80. The Bertz CT molecular complexity index is 1440. The summed E-state index contributed by atoms with van der Waals surface area (Å²) in [6, 6.07) is 2.31. The molecule has 4 heterocycles. The van der Waals surface area contributed by atoms with Crippen molar-refractivity contribution in [1.82, 2.24) is 0 Å². The van der Waals surface area contributed by atoms with Gasteiger partial charge in [0.1, 0.15) is 19.5 Å². The number of rotatable bonds is 1. The number of alkyl halides is 8. The van der Waals surface area contributed by atoms with E-state index in [2.05, 4.69) is 15.9 Å². The molecule has 5 aliphatic rings. The normalized spacial score (nSPS) is 52.1. The first-order valence-corrected chi connectivity index (χ1v) is 14.6. The molecule has 0 saturated carbocycles. The predicted octanol–water partition coefficient (Wildman–Crippen LogP) is 9.40. The van der Waals surface area contributed by atoms with Gasteiger partial charge in [0.2, 0.25) is 20.2 Å². The number of nitro groups is 1. The van der Waals surface area contributed by atoms with E-state index < -0.39 is 50.3 Å². The van der Waals surface area contributed by atoms with Crippen molar-refractivity contribution in [2.75, 3.05) is 0 Å². The highest BCUT2D eigenvalue weighted by Gasteiger charge is 3.02. The van der Waals surface area contributed by atoms with Gasteiger partial charge in [-0.1, -0.05) is 92.8 Å². The van der Waals surface area contributed by atoms with E-state index in [4.69, 9.17) is 149 Å². The Labute approximate surface area is 270 Å². The number of halogens is 13. The van der Waals surface area contributed by atoms with E-state index in [0.29, 0.717) is 0 Å². The van der Waals surface area contributed by atoms with Gasteiger partial charge < -0.3 is 9.47 Å². The van der Waals surface area contributed by atoms with Crippen molar-refractivity contribution in [2.45, 2.75) is 39.7 Å². The predicted molar refractivity (Wildman–Crippen MR) is 147 cm³/mol. The fourth-order valence-corrected chi connectivity index (χ4v) is 12.7. The van der Waals surface area contributed by atoms with Crippen LogP contribution in [0.15, 0.2) is 36.7 Å². The van der Waals surface area contributed by atoms with Crippen LogP contribution in [-0.2, 0) is 19.2 Å². The Morgan fingerprint density at radius 2 is 1.00 bits per heavy atom. The average molecular weight is 802 g/mol. The standard InChI is InChI=1S/C18H2BrCl12NO4/c19-5-1-3-4(2-6(5)32(33)34)12(25)14(27)8(21)10(23)16(29,36-14)18(12,31)17(30)11(3,24)13(26)7(20)9(22)15(17,28)35-13/h1-2H/t11-,12-,13+,14+,15+,16+,17+,18+/m1/s1. The SMILES string of the molecule is O=[N+]([O-])c1cc2c(cc1Br)[C@]1(Cl)[C@@](Cl)([C@]3(Cl)[C@]2(Cl)[C@@]2(Cl)O[C@@]3(Cl)C(Cl)=C2Cl)[C@@]2(Cl)O[C@@]1(Cl)C(Cl)=C2Cl. The van der Waals surface area contributed by atoms with Gasteiger partial charge in [-0.05, 0) is 33.1 Å². The van der Waals surface area contributed by atoms with Crippen LogP contribution >= 0.6 is 155 Å². The molecule has 8 atom stereocenters. The van der Waals surface area contributed by atoms with Crippen molar-refractivity contribution in [3.05, 3.63) is 58.0 Å². The molecule has 6 rings (SSSR count). The van der Waals surface area contributed by atoms with Gasteiger partial charge in [-0.15, -0.1) is 46.4 Å². The van der Waals surface area contributed by atoms with E-state index in [1.807, 2.05) is 0 Å². The molecule has 4 aliphatic heterocycles.